The molecule has 2 aromatic rings. The zero-order chi connectivity index (χ0) is 21.1. The number of halogens is 1. The third kappa shape index (κ3) is 7.75. The molecule has 2 unspecified atom stereocenters. The van der Waals surface area contributed by atoms with E-state index in [1.807, 2.05) is 12.1 Å². The highest BCUT2D eigenvalue weighted by Crippen LogP contribution is 2.24. The van der Waals surface area contributed by atoms with Gasteiger partial charge in [0, 0.05) is 12.5 Å². The summed E-state index contributed by atoms with van der Waals surface area (Å²) in [5, 5.41) is 17.7. The van der Waals surface area contributed by atoms with Crippen molar-refractivity contribution in [3.8, 4) is 0 Å². The number of hydrogen-bond donors (Lipinski definition) is 4. The molecule has 0 bridgehead atoms. The maximum absolute atomic E-state index is 12.0. The Morgan fingerprint density at radius 3 is 2.24 bits per heavy atom. The third-order valence-electron chi connectivity index (χ3n) is 4.91. The Kier molecular flexibility index (Phi) is 9.46. The van der Waals surface area contributed by atoms with E-state index in [1.165, 1.54) is 31.0 Å². The van der Waals surface area contributed by atoms with E-state index in [0.717, 1.165) is 31.6 Å². The molecule has 2 fully saturated rings. The Morgan fingerprint density at radius 1 is 1.03 bits per heavy atom. The molecule has 0 aromatic carbocycles. The summed E-state index contributed by atoms with van der Waals surface area (Å²) in [7, 11) is 0. The lowest BCUT2D eigenvalue weighted by molar-refractivity contribution is 0.231. The van der Waals surface area contributed by atoms with Gasteiger partial charge in [0.25, 0.3) is 0 Å². The number of pyridine rings is 2. The van der Waals surface area contributed by atoms with Crippen LogP contribution in [0.15, 0.2) is 36.4 Å². The van der Waals surface area contributed by atoms with Gasteiger partial charge >= 0.3 is 0 Å². The fourth-order valence-corrected chi connectivity index (χ4v) is 3.34. The molecule has 2 atom stereocenters. The number of rotatable bonds is 3. The molecule has 1 aliphatic carbocycles. The molecular weight excluding hydrogens is 373 g/mol. The Hall–Kier alpha value is -2.58. The SMILES string of the molecule is Nc1cccc(F)n1.Nc1cccc(N2CCCC2CO)n1.OCC1C[CH+]CC1. The molecule has 2 aliphatic rings. The summed E-state index contributed by atoms with van der Waals surface area (Å²) >= 11 is 0. The second-order valence-electron chi connectivity index (χ2n) is 7.13. The van der Waals surface area contributed by atoms with E-state index in [0.29, 0.717) is 18.3 Å². The maximum atomic E-state index is 12.0. The predicted octanol–water partition coefficient (Wildman–Crippen LogP) is 2.41. The Balaban J connectivity index is 0.000000170. The Labute approximate surface area is 171 Å². The Bertz CT molecular complexity index is 710. The molecule has 1 saturated carbocycles. The summed E-state index contributed by atoms with van der Waals surface area (Å²) in [4.78, 5) is 9.65. The smallest absolute Gasteiger partial charge is 0.214 e. The highest BCUT2D eigenvalue weighted by molar-refractivity contribution is 5.46. The van der Waals surface area contributed by atoms with E-state index < -0.39 is 5.95 Å². The summed E-state index contributed by atoms with van der Waals surface area (Å²) < 4.78 is 12.0. The first-order chi connectivity index (χ1) is 14.0. The summed E-state index contributed by atoms with van der Waals surface area (Å²) in [5.41, 5.74) is 10.7. The molecule has 1 aliphatic heterocycles. The van der Waals surface area contributed by atoms with Crippen molar-refractivity contribution in [2.75, 3.05) is 36.1 Å². The first-order valence-corrected chi connectivity index (χ1v) is 9.94. The lowest BCUT2D eigenvalue weighted by Gasteiger charge is -2.23. The minimum absolute atomic E-state index is 0.191. The summed E-state index contributed by atoms with van der Waals surface area (Å²) in [5.74, 6) is 1.68. The van der Waals surface area contributed by atoms with Crippen LogP contribution in [0.5, 0.6) is 0 Å². The monoisotopic (exact) mass is 404 g/mol. The van der Waals surface area contributed by atoms with Crippen molar-refractivity contribution in [3.63, 3.8) is 0 Å². The number of nitrogens with zero attached hydrogens (tertiary/aromatic N) is 3. The van der Waals surface area contributed by atoms with Gasteiger partial charge in [-0.25, -0.2) is 9.97 Å². The normalized spacial score (nSPS) is 20.2. The van der Waals surface area contributed by atoms with Gasteiger partial charge < -0.3 is 26.6 Å². The third-order valence-corrected chi connectivity index (χ3v) is 4.91. The van der Waals surface area contributed by atoms with Crippen molar-refractivity contribution in [2.24, 2.45) is 5.92 Å². The second-order valence-corrected chi connectivity index (χ2v) is 7.13. The molecule has 3 heterocycles. The van der Waals surface area contributed by atoms with Crippen LogP contribution in [0, 0.1) is 18.3 Å². The van der Waals surface area contributed by atoms with Gasteiger partial charge in [0.1, 0.15) is 17.5 Å². The molecule has 158 valence electrons. The van der Waals surface area contributed by atoms with Crippen molar-refractivity contribution in [2.45, 2.75) is 38.1 Å². The summed E-state index contributed by atoms with van der Waals surface area (Å²) in [6.07, 6.45) is 7.95. The van der Waals surface area contributed by atoms with Crippen molar-refractivity contribution in [3.05, 3.63) is 48.8 Å². The molecule has 4 rings (SSSR count). The number of anilines is 3. The lowest BCUT2D eigenvalue weighted by atomic mass is 10.1. The first kappa shape index (κ1) is 22.7. The van der Waals surface area contributed by atoms with Gasteiger partial charge in [-0.1, -0.05) is 12.1 Å². The minimum atomic E-state index is -0.537. The molecule has 0 spiro atoms. The highest BCUT2D eigenvalue weighted by Gasteiger charge is 2.24. The van der Waals surface area contributed by atoms with Crippen LogP contribution in [-0.4, -0.2) is 46.0 Å². The van der Waals surface area contributed by atoms with Crippen molar-refractivity contribution in [1.29, 1.82) is 0 Å². The summed E-state index contributed by atoms with van der Waals surface area (Å²) in [6, 6.07) is 10.1. The summed E-state index contributed by atoms with van der Waals surface area (Å²) in [6.45, 7) is 1.54. The largest absolute Gasteiger partial charge is 0.396 e. The van der Waals surface area contributed by atoms with E-state index in [9.17, 15) is 4.39 Å². The predicted molar refractivity (Wildman–Crippen MR) is 113 cm³/mol. The van der Waals surface area contributed by atoms with Crippen molar-refractivity contribution >= 4 is 17.5 Å². The van der Waals surface area contributed by atoms with Gasteiger partial charge in [0.2, 0.25) is 5.95 Å². The average Bonchev–Trinajstić information content (AvgIpc) is 3.40. The molecule has 6 N–H and O–H groups in total. The van der Waals surface area contributed by atoms with Gasteiger partial charge in [-0.2, -0.15) is 4.39 Å². The Morgan fingerprint density at radius 2 is 1.76 bits per heavy atom. The van der Waals surface area contributed by atoms with Gasteiger partial charge in [-0.15, -0.1) is 0 Å². The fourth-order valence-electron chi connectivity index (χ4n) is 3.34. The van der Waals surface area contributed by atoms with Crippen molar-refractivity contribution < 1.29 is 14.6 Å². The van der Waals surface area contributed by atoms with Crippen LogP contribution in [-0.2, 0) is 0 Å². The highest BCUT2D eigenvalue weighted by atomic mass is 19.1. The van der Waals surface area contributed by atoms with Crippen LogP contribution in [0.1, 0.15) is 32.1 Å². The van der Waals surface area contributed by atoms with Crippen molar-refractivity contribution in [1.82, 2.24) is 9.97 Å². The molecule has 7 nitrogen and oxygen atoms in total. The van der Waals surface area contributed by atoms with Gasteiger partial charge in [-0.05, 0) is 43.5 Å². The molecule has 0 amide bonds. The minimum Gasteiger partial charge on any atom is -0.396 e. The number of aliphatic hydroxyl groups excluding tert-OH is 2. The van der Waals surface area contributed by atoms with Crippen LogP contribution in [0.2, 0.25) is 0 Å². The molecule has 8 heteroatoms. The average molecular weight is 405 g/mol. The number of aliphatic hydroxyl groups is 2. The van der Waals surface area contributed by atoms with Gasteiger partial charge in [0.15, 0.2) is 0 Å². The first-order valence-electron chi connectivity index (χ1n) is 9.94. The quantitative estimate of drug-likeness (QED) is 0.458. The van der Waals surface area contributed by atoms with Crippen LogP contribution in [0.4, 0.5) is 21.8 Å². The lowest BCUT2D eigenvalue weighted by Crippen LogP contribution is -2.32. The van der Waals surface area contributed by atoms with Crippen LogP contribution >= 0.6 is 0 Å². The van der Waals surface area contributed by atoms with E-state index in [-0.39, 0.29) is 18.5 Å². The van der Waals surface area contributed by atoms with Crippen LogP contribution < -0.4 is 16.4 Å². The number of nitrogen functional groups attached to an aromatic ring is 2. The second kappa shape index (κ2) is 12.1. The van der Waals surface area contributed by atoms with E-state index in [4.69, 9.17) is 21.7 Å². The molecule has 29 heavy (non-hydrogen) atoms. The fraction of sp³-hybridized carbons (Fsp3) is 0.476. The van der Waals surface area contributed by atoms with Gasteiger partial charge in [-0.3, -0.25) is 0 Å². The number of aromatic nitrogens is 2. The number of hydrogen-bond acceptors (Lipinski definition) is 7. The maximum Gasteiger partial charge on any atom is 0.214 e. The zero-order valence-electron chi connectivity index (χ0n) is 16.6. The topological polar surface area (TPSA) is 122 Å². The molecule has 0 radical (unpaired) electrons. The molecule has 1 saturated heterocycles. The van der Waals surface area contributed by atoms with Crippen LogP contribution in [0.3, 0.4) is 0 Å². The van der Waals surface area contributed by atoms with Crippen LogP contribution in [0.25, 0.3) is 0 Å². The van der Waals surface area contributed by atoms with Gasteiger partial charge in [0.05, 0.1) is 38.5 Å². The zero-order valence-corrected chi connectivity index (χ0v) is 16.6. The standard InChI is InChI=1S/C10H15N3O.C6H11O.C5H5FN2/c11-9-4-1-5-10(12-9)13-6-2-3-8(13)7-14;7-5-6-3-1-2-4-6;6-4-2-1-3-5(7)8-4/h1,4-5,8,14H,2-3,6-7H2,(H2,11,12);1,6-7H,2-5H2;1-3H,(H2,7,8)/q;+1;. The molecular formula is C21H31FN5O2+. The van der Waals surface area contributed by atoms with E-state index >= 15 is 0 Å². The molecule has 2 aromatic heterocycles. The van der Waals surface area contributed by atoms with E-state index in [1.54, 1.807) is 6.07 Å². The number of nitrogens with two attached hydrogens (primary N) is 2. The van der Waals surface area contributed by atoms with E-state index in [2.05, 4.69) is 21.3 Å².